The molecule has 44 heavy (non-hydrogen) atoms. The number of carbonyl (C=O) groups is 4. The first kappa shape index (κ1) is 36.6. The van der Waals surface area contributed by atoms with Crippen molar-refractivity contribution in [3.63, 3.8) is 0 Å². The van der Waals surface area contributed by atoms with E-state index in [4.69, 9.17) is 28.4 Å². The van der Waals surface area contributed by atoms with Crippen molar-refractivity contribution in [3.8, 4) is 0 Å². The van der Waals surface area contributed by atoms with Gasteiger partial charge in [-0.2, -0.15) is 0 Å². The van der Waals surface area contributed by atoms with Crippen molar-refractivity contribution < 1.29 is 47.6 Å². The fourth-order valence-corrected chi connectivity index (χ4v) is 4.86. The number of hydrogen-bond acceptors (Lipinski definition) is 10. The van der Waals surface area contributed by atoms with E-state index in [0.29, 0.717) is 30.3 Å². The zero-order valence-corrected chi connectivity index (χ0v) is 27.0. The maximum Gasteiger partial charge on any atom is 0.514 e. The highest BCUT2D eigenvalue weighted by atomic mass is 16.8. The van der Waals surface area contributed by atoms with Gasteiger partial charge < -0.3 is 28.4 Å². The van der Waals surface area contributed by atoms with Gasteiger partial charge in [0.2, 0.25) is 0 Å². The average Bonchev–Trinajstić information content (AvgIpc) is 3.37. The predicted octanol–water partition coefficient (Wildman–Crippen LogP) is 8.16. The van der Waals surface area contributed by atoms with Crippen LogP contribution in [0.4, 0.5) is 9.59 Å². The van der Waals surface area contributed by atoms with Crippen LogP contribution in [0.2, 0.25) is 0 Å². The third-order valence-corrected chi connectivity index (χ3v) is 7.33. The Labute approximate surface area is 261 Å². The fourth-order valence-electron chi connectivity index (χ4n) is 4.86. The second-order valence-corrected chi connectivity index (χ2v) is 12.0. The van der Waals surface area contributed by atoms with Crippen molar-refractivity contribution in [1.29, 1.82) is 0 Å². The molecule has 2 aliphatic heterocycles. The van der Waals surface area contributed by atoms with E-state index in [0.717, 1.165) is 38.5 Å². The summed E-state index contributed by atoms with van der Waals surface area (Å²) < 4.78 is 30.6. The third-order valence-electron chi connectivity index (χ3n) is 7.33. The van der Waals surface area contributed by atoms with Crippen LogP contribution in [0, 0.1) is 5.92 Å². The maximum absolute atomic E-state index is 12.1. The van der Waals surface area contributed by atoms with Gasteiger partial charge in [-0.05, 0) is 71.4 Å². The molecule has 0 aliphatic carbocycles. The number of esters is 2. The minimum atomic E-state index is -0.807. The van der Waals surface area contributed by atoms with Gasteiger partial charge in [-0.25, -0.2) is 19.2 Å². The number of ether oxygens (including phenoxy) is 6. The Balaban J connectivity index is 1.64. The van der Waals surface area contributed by atoms with E-state index < -0.39 is 35.5 Å². The summed E-state index contributed by atoms with van der Waals surface area (Å²) in [5, 5.41) is 0. The van der Waals surface area contributed by atoms with Gasteiger partial charge in [-0.1, -0.05) is 57.6 Å². The molecule has 0 saturated carbocycles. The normalized spacial score (nSPS) is 19.7. The molecule has 1 unspecified atom stereocenters. The molecule has 0 spiro atoms. The third kappa shape index (κ3) is 14.3. The van der Waals surface area contributed by atoms with Crippen molar-refractivity contribution in [1.82, 2.24) is 0 Å². The van der Waals surface area contributed by atoms with Gasteiger partial charge in [-0.15, -0.1) is 0 Å². The summed E-state index contributed by atoms with van der Waals surface area (Å²) in [6.45, 7) is 9.52. The Hall–Kier alpha value is -3.56. The minimum absolute atomic E-state index is 0.185. The summed E-state index contributed by atoms with van der Waals surface area (Å²) in [6, 6.07) is 0. The Bertz CT molecular complexity index is 1080. The first-order chi connectivity index (χ1) is 20.9. The van der Waals surface area contributed by atoms with E-state index >= 15 is 0 Å². The van der Waals surface area contributed by atoms with Crippen molar-refractivity contribution in [3.05, 3.63) is 48.0 Å². The van der Waals surface area contributed by atoms with Gasteiger partial charge in [0.25, 0.3) is 0 Å². The number of rotatable bonds is 20. The highest BCUT2D eigenvalue weighted by molar-refractivity contribution is 5.82. The topological polar surface area (TPSA) is 124 Å². The van der Waals surface area contributed by atoms with Crippen LogP contribution in [0.3, 0.4) is 0 Å². The lowest BCUT2D eigenvalue weighted by Crippen LogP contribution is -2.20. The van der Waals surface area contributed by atoms with Gasteiger partial charge in [0.15, 0.2) is 22.7 Å². The van der Waals surface area contributed by atoms with E-state index in [-0.39, 0.29) is 13.2 Å². The van der Waals surface area contributed by atoms with Crippen LogP contribution < -0.4 is 0 Å². The van der Waals surface area contributed by atoms with Gasteiger partial charge in [0.1, 0.15) is 0 Å². The molecule has 0 radical (unpaired) electrons. The number of hydrogen-bond donors (Lipinski definition) is 0. The zero-order valence-electron chi connectivity index (χ0n) is 27.0. The van der Waals surface area contributed by atoms with Crippen LogP contribution in [0.15, 0.2) is 48.0 Å². The second kappa shape index (κ2) is 19.0. The van der Waals surface area contributed by atoms with Gasteiger partial charge >= 0.3 is 24.2 Å². The van der Waals surface area contributed by atoms with Crippen molar-refractivity contribution in [2.75, 3.05) is 13.2 Å². The Morgan fingerprint density at radius 2 is 1.18 bits per heavy atom. The van der Waals surface area contributed by atoms with Crippen LogP contribution in [0.1, 0.15) is 112 Å². The van der Waals surface area contributed by atoms with Crippen LogP contribution in [-0.2, 0) is 38.0 Å². The molecule has 10 nitrogen and oxygen atoms in total. The standard InChI is InChI=1S/C34H50O10/c1-6-7-8-10-17-26(19-13-14-23-30(36)40-25-16-21-28-34(4,5)44-32(38)42-28)18-11-9-12-22-29(35)39-24-15-20-27-33(2,3)43-31(37)41-27/h12,14,20-23,26H,6-11,13,15-19,24-25H2,1-5H3/b22-12+,23-14?,27-20+,28-21+. The number of allylic oxidation sites excluding steroid dienone is 2. The molecule has 10 heteroatoms. The van der Waals surface area contributed by atoms with Gasteiger partial charge in [0.05, 0.1) is 13.2 Å². The van der Waals surface area contributed by atoms with E-state index in [1.165, 1.54) is 37.8 Å². The van der Waals surface area contributed by atoms with E-state index in [9.17, 15) is 19.2 Å². The molecule has 0 aromatic heterocycles. The highest BCUT2D eigenvalue weighted by Crippen LogP contribution is 2.31. The van der Waals surface area contributed by atoms with E-state index in [2.05, 4.69) is 6.92 Å². The smallest absolute Gasteiger partial charge is 0.462 e. The Morgan fingerprint density at radius 1 is 0.682 bits per heavy atom. The lowest BCUT2D eigenvalue weighted by molar-refractivity contribution is -0.138. The summed E-state index contributed by atoms with van der Waals surface area (Å²) in [6.07, 6.45) is 20.0. The van der Waals surface area contributed by atoms with Crippen LogP contribution in [-0.4, -0.2) is 48.7 Å². The van der Waals surface area contributed by atoms with Crippen LogP contribution >= 0.6 is 0 Å². The molecule has 2 saturated heterocycles. The van der Waals surface area contributed by atoms with Gasteiger partial charge in [-0.3, -0.25) is 0 Å². The van der Waals surface area contributed by atoms with Crippen LogP contribution in [0.25, 0.3) is 0 Å². The molecule has 0 bridgehead atoms. The summed E-state index contributed by atoms with van der Waals surface area (Å²) >= 11 is 0. The number of cyclic esters (lactones) is 4. The summed E-state index contributed by atoms with van der Waals surface area (Å²) in [7, 11) is 0. The lowest BCUT2D eigenvalue weighted by atomic mass is 9.91. The molecule has 0 aromatic rings. The summed E-state index contributed by atoms with van der Waals surface area (Å²) in [5.41, 5.74) is -1.61. The summed E-state index contributed by atoms with van der Waals surface area (Å²) in [5.74, 6) is 0.607. The molecule has 2 aliphatic rings. The monoisotopic (exact) mass is 618 g/mol. The molecule has 1 atom stereocenters. The highest BCUT2D eigenvalue weighted by Gasteiger charge is 2.39. The minimum Gasteiger partial charge on any atom is -0.462 e. The largest absolute Gasteiger partial charge is 0.514 e. The first-order valence-electron chi connectivity index (χ1n) is 15.8. The molecule has 0 N–H and O–H groups in total. The van der Waals surface area contributed by atoms with Crippen LogP contribution in [0.5, 0.6) is 0 Å². The van der Waals surface area contributed by atoms with Crippen molar-refractivity contribution in [2.45, 2.75) is 123 Å². The van der Waals surface area contributed by atoms with Gasteiger partial charge in [0, 0.05) is 25.0 Å². The number of unbranched alkanes of at least 4 members (excludes halogenated alkanes) is 4. The maximum atomic E-state index is 12.1. The predicted molar refractivity (Wildman–Crippen MR) is 164 cm³/mol. The molecule has 0 aromatic carbocycles. The molecule has 2 fully saturated rings. The van der Waals surface area contributed by atoms with Crippen molar-refractivity contribution in [2.24, 2.45) is 5.92 Å². The molecular formula is C34H50O10. The number of carbonyl (C=O) groups excluding carboxylic acids is 4. The molecule has 2 rings (SSSR count). The summed E-state index contributed by atoms with van der Waals surface area (Å²) in [4.78, 5) is 46.6. The molecule has 2 heterocycles. The van der Waals surface area contributed by atoms with E-state index in [1.54, 1.807) is 39.8 Å². The van der Waals surface area contributed by atoms with Crippen molar-refractivity contribution >= 4 is 24.2 Å². The lowest BCUT2D eigenvalue weighted by Gasteiger charge is -2.15. The molecule has 0 amide bonds. The average molecular weight is 619 g/mol. The SMILES string of the molecule is CCCCCCC(CCC=CC(=O)OCC/C=C1/OC(=O)OC1(C)C)CCC/C=C/C(=O)OCC/C=C1/OC(=O)OC1(C)C. The first-order valence-corrected chi connectivity index (χ1v) is 15.8. The Morgan fingerprint density at radius 3 is 1.66 bits per heavy atom. The second-order valence-electron chi connectivity index (χ2n) is 12.0. The fraction of sp³-hybridized carbons (Fsp3) is 0.647. The Kier molecular flexibility index (Phi) is 15.8. The zero-order chi connectivity index (χ0) is 32.4. The van der Waals surface area contributed by atoms with E-state index in [1.807, 2.05) is 12.2 Å². The molecule has 246 valence electrons. The molecular weight excluding hydrogens is 568 g/mol. The quantitative estimate of drug-likeness (QED) is 0.0571.